The summed E-state index contributed by atoms with van der Waals surface area (Å²) in [6, 6.07) is 18.0. The molecule has 2 heteroatoms. The molecule has 2 aromatic carbocycles. The van der Waals surface area contributed by atoms with Crippen LogP contribution in [0.5, 0.6) is 0 Å². The van der Waals surface area contributed by atoms with Gasteiger partial charge in [0.1, 0.15) is 0 Å². The van der Waals surface area contributed by atoms with Crippen molar-refractivity contribution >= 4 is 5.78 Å². The summed E-state index contributed by atoms with van der Waals surface area (Å²) in [5.41, 5.74) is 3.02. The van der Waals surface area contributed by atoms with E-state index < -0.39 is 0 Å². The lowest BCUT2D eigenvalue weighted by atomic mass is 9.76. The quantitative estimate of drug-likeness (QED) is 0.669. The summed E-state index contributed by atoms with van der Waals surface area (Å²) >= 11 is 0. The largest absolute Gasteiger partial charge is 0.306 e. The van der Waals surface area contributed by atoms with Crippen LogP contribution in [0.4, 0.5) is 0 Å². The molecule has 0 aliphatic carbocycles. The molecule has 1 aliphatic heterocycles. The first-order chi connectivity index (χ1) is 10.7. The average Bonchev–Trinajstić information content (AvgIpc) is 2.56. The topological polar surface area (TPSA) is 29.1 Å². The van der Waals surface area contributed by atoms with Gasteiger partial charge in [0.05, 0.1) is 5.54 Å². The molecular formula is C20H21NO. The van der Waals surface area contributed by atoms with Gasteiger partial charge in [0.25, 0.3) is 0 Å². The molecule has 22 heavy (non-hydrogen) atoms. The maximum absolute atomic E-state index is 12.7. The molecule has 2 aromatic rings. The average molecular weight is 291 g/mol. The Morgan fingerprint density at radius 2 is 1.86 bits per heavy atom. The minimum absolute atomic E-state index is 0.173. The number of carbonyl (C=O) groups excluding carboxylic acids is 1. The predicted molar refractivity (Wildman–Crippen MR) is 90.0 cm³/mol. The van der Waals surface area contributed by atoms with Gasteiger partial charge in [0, 0.05) is 18.5 Å². The SMILES string of the molecule is C=CCC1(CC(=O)c2ccccc2)NCCc2ccccc21. The zero-order chi connectivity index (χ0) is 15.4. The first-order valence-corrected chi connectivity index (χ1v) is 7.78. The molecule has 0 aromatic heterocycles. The van der Waals surface area contributed by atoms with Gasteiger partial charge < -0.3 is 5.32 Å². The van der Waals surface area contributed by atoms with Gasteiger partial charge in [-0.05, 0) is 24.0 Å². The van der Waals surface area contributed by atoms with Crippen molar-refractivity contribution in [1.29, 1.82) is 0 Å². The van der Waals surface area contributed by atoms with E-state index in [1.54, 1.807) is 0 Å². The summed E-state index contributed by atoms with van der Waals surface area (Å²) in [6.07, 6.45) is 4.13. The van der Waals surface area contributed by atoms with Gasteiger partial charge in [-0.1, -0.05) is 60.7 Å². The van der Waals surface area contributed by atoms with Gasteiger partial charge in [-0.25, -0.2) is 0 Å². The van der Waals surface area contributed by atoms with Crippen molar-refractivity contribution in [2.45, 2.75) is 24.8 Å². The summed E-state index contributed by atoms with van der Waals surface area (Å²) in [6.45, 7) is 4.80. The highest BCUT2D eigenvalue weighted by atomic mass is 16.1. The van der Waals surface area contributed by atoms with Crippen molar-refractivity contribution < 1.29 is 4.79 Å². The molecule has 0 saturated heterocycles. The second-order valence-corrected chi connectivity index (χ2v) is 5.87. The Bertz CT molecular complexity index is 677. The van der Waals surface area contributed by atoms with Crippen LogP contribution < -0.4 is 5.32 Å². The van der Waals surface area contributed by atoms with Crippen molar-refractivity contribution in [2.75, 3.05) is 6.54 Å². The second kappa shape index (κ2) is 6.29. The molecule has 1 aliphatic rings. The van der Waals surface area contributed by atoms with Gasteiger partial charge >= 0.3 is 0 Å². The van der Waals surface area contributed by atoms with E-state index in [4.69, 9.17) is 0 Å². The summed E-state index contributed by atoms with van der Waals surface area (Å²) < 4.78 is 0. The van der Waals surface area contributed by atoms with Crippen LogP contribution in [0, 0.1) is 0 Å². The van der Waals surface area contributed by atoms with E-state index in [0.717, 1.165) is 24.9 Å². The maximum Gasteiger partial charge on any atom is 0.165 e. The monoisotopic (exact) mass is 291 g/mol. The van der Waals surface area contributed by atoms with Gasteiger partial charge in [0.2, 0.25) is 0 Å². The number of Topliss-reactive ketones (excluding diaryl/α,β-unsaturated/α-hetero) is 1. The Kier molecular flexibility index (Phi) is 4.21. The number of benzene rings is 2. The standard InChI is InChI=1S/C20H21NO/c1-2-13-20(15-19(22)17-9-4-3-5-10-17)18-11-7-6-8-16(18)12-14-21-20/h2-11,21H,1,12-15H2. The molecule has 1 unspecified atom stereocenters. The Morgan fingerprint density at radius 1 is 1.14 bits per heavy atom. The third-order valence-corrected chi connectivity index (χ3v) is 4.44. The zero-order valence-electron chi connectivity index (χ0n) is 12.7. The van der Waals surface area contributed by atoms with Crippen LogP contribution in [0.25, 0.3) is 0 Å². The fourth-order valence-corrected chi connectivity index (χ4v) is 3.40. The number of nitrogens with one attached hydrogen (secondary N) is 1. The van der Waals surface area contributed by atoms with Crippen LogP contribution in [0.3, 0.4) is 0 Å². The van der Waals surface area contributed by atoms with E-state index in [1.165, 1.54) is 11.1 Å². The Hall–Kier alpha value is -2.19. The first-order valence-electron chi connectivity index (χ1n) is 7.78. The first kappa shape index (κ1) is 14.7. The van der Waals surface area contributed by atoms with Crippen LogP contribution in [-0.2, 0) is 12.0 Å². The molecule has 0 amide bonds. The van der Waals surface area contributed by atoms with Crippen molar-refractivity contribution in [1.82, 2.24) is 5.32 Å². The fourth-order valence-electron chi connectivity index (χ4n) is 3.40. The van der Waals surface area contributed by atoms with E-state index in [1.807, 2.05) is 36.4 Å². The number of rotatable bonds is 5. The number of hydrogen-bond acceptors (Lipinski definition) is 2. The lowest BCUT2D eigenvalue weighted by Crippen LogP contribution is -2.48. The normalized spacial score (nSPS) is 20.2. The molecule has 2 nitrogen and oxygen atoms in total. The predicted octanol–water partition coefficient (Wildman–Crippen LogP) is 3.88. The molecule has 0 radical (unpaired) electrons. The minimum Gasteiger partial charge on any atom is -0.306 e. The number of hydrogen-bond donors (Lipinski definition) is 1. The van der Waals surface area contributed by atoms with Crippen molar-refractivity contribution in [3.8, 4) is 0 Å². The molecule has 1 heterocycles. The molecular weight excluding hydrogens is 270 g/mol. The fraction of sp³-hybridized carbons (Fsp3) is 0.250. The zero-order valence-corrected chi connectivity index (χ0v) is 12.7. The maximum atomic E-state index is 12.7. The van der Waals surface area contributed by atoms with Crippen LogP contribution in [0.2, 0.25) is 0 Å². The summed E-state index contributed by atoms with van der Waals surface area (Å²) in [7, 11) is 0. The van der Waals surface area contributed by atoms with E-state index in [9.17, 15) is 4.79 Å². The summed E-state index contributed by atoms with van der Waals surface area (Å²) in [4.78, 5) is 12.7. The van der Waals surface area contributed by atoms with Crippen LogP contribution >= 0.6 is 0 Å². The molecule has 1 atom stereocenters. The third kappa shape index (κ3) is 2.75. The summed E-state index contributed by atoms with van der Waals surface area (Å²) in [5.74, 6) is 0.173. The van der Waals surface area contributed by atoms with E-state index in [-0.39, 0.29) is 11.3 Å². The van der Waals surface area contributed by atoms with E-state index in [0.29, 0.717) is 6.42 Å². The van der Waals surface area contributed by atoms with Gasteiger partial charge in [-0.2, -0.15) is 0 Å². The molecule has 0 saturated carbocycles. The van der Waals surface area contributed by atoms with E-state index in [2.05, 4.69) is 36.2 Å². The second-order valence-electron chi connectivity index (χ2n) is 5.87. The Labute approximate surface area is 131 Å². The van der Waals surface area contributed by atoms with Crippen LogP contribution in [-0.4, -0.2) is 12.3 Å². The molecule has 1 N–H and O–H groups in total. The highest BCUT2D eigenvalue weighted by Crippen LogP contribution is 2.36. The van der Waals surface area contributed by atoms with E-state index >= 15 is 0 Å². The summed E-state index contributed by atoms with van der Waals surface area (Å²) in [5, 5.41) is 3.60. The van der Waals surface area contributed by atoms with Gasteiger partial charge in [-0.15, -0.1) is 6.58 Å². The number of carbonyl (C=O) groups is 1. The van der Waals surface area contributed by atoms with Crippen LogP contribution in [0.1, 0.15) is 34.3 Å². The van der Waals surface area contributed by atoms with Crippen LogP contribution in [0.15, 0.2) is 67.3 Å². The molecule has 0 fully saturated rings. The smallest absolute Gasteiger partial charge is 0.165 e. The lowest BCUT2D eigenvalue weighted by Gasteiger charge is -2.39. The van der Waals surface area contributed by atoms with Crippen molar-refractivity contribution in [2.24, 2.45) is 0 Å². The number of ketones is 1. The highest BCUT2D eigenvalue weighted by Gasteiger charge is 2.37. The number of fused-ring (bicyclic) bond motifs is 1. The molecule has 112 valence electrons. The molecule has 0 bridgehead atoms. The van der Waals surface area contributed by atoms with Crippen molar-refractivity contribution in [3.63, 3.8) is 0 Å². The highest BCUT2D eigenvalue weighted by molar-refractivity contribution is 5.97. The minimum atomic E-state index is -0.330. The van der Waals surface area contributed by atoms with Gasteiger partial charge in [0.15, 0.2) is 5.78 Å². The molecule has 3 rings (SSSR count). The van der Waals surface area contributed by atoms with Crippen molar-refractivity contribution in [3.05, 3.63) is 83.9 Å². The molecule has 0 spiro atoms. The lowest BCUT2D eigenvalue weighted by molar-refractivity contribution is 0.0931. The Balaban J connectivity index is 1.97. The third-order valence-electron chi connectivity index (χ3n) is 4.44. The Morgan fingerprint density at radius 3 is 2.64 bits per heavy atom. The van der Waals surface area contributed by atoms with Gasteiger partial charge in [-0.3, -0.25) is 4.79 Å².